The fraction of sp³-hybridized carbons (Fsp3) is 0.867. The highest BCUT2D eigenvalue weighted by atomic mass is 16.5. The third kappa shape index (κ3) is 8.66. The van der Waals surface area contributed by atoms with Crippen LogP contribution in [0.5, 0.6) is 0 Å². The molecule has 12 nitrogen and oxygen atoms in total. The highest BCUT2D eigenvalue weighted by Crippen LogP contribution is 2.11. The Morgan fingerprint density at radius 2 is 1.37 bits per heavy atom. The second-order valence-corrected chi connectivity index (χ2v) is 6.11. The van der Waals surface area contributed by atoms with Crippen LogP contribution in [0.25, 0.3) is 0 Å². The van der Waals surface area contributed by atoms with Crippen LogP contribution in [0.15, 0.2) is 12.0 Å². The SMILES string of the molecule is COCCN(C[C@@H](O)[C@H](O)[C@@H](O)[C@@H](O)CO)C[C@@H](O)[C@H](O)[C@@H](O)/C(O)=C\O. The van der Waals surface area contributed by atoms with Gasteiger partial charge in [-0.2, -0.15) is 0 Å². The minimum Gasteiger partial charge on any atom is -0.512 e. The first kappa shape index (κ1) is 25.9. The molecule has 12 heteroatoms. The van der Waals surface area contributed by atoms with Gasteiger partial charge in [-0.05, 0) is 0 Å². The Morgan fingerprint density at radius 1 is 0.889 bits per heavy atom. The summed E-state index contributed by atoms with van der Waals surface area (Å²) in [6.07, 6.45) is -12.2. The van der Waals surface area contributed by atoms with E-state index in [0.29, 0.717) is 0 Å². The molecule has 0 rings (SSSR count). The molecule has 162 valence electrons. The molecule has 10 N–H and O–H groups in total. The molecule has 0 bridgehead atoms. The van der Waals surface area contributed by atoms with E-state index in [9.17, 15) is 40.9 Å². The Labute approximate surface area is 156 Å². The van der Waals surface area contributed by atoms with Crippen LogP contribution in [-0.2, 0) is 4.74 Å². The molecule has 0 amide bonds. The Bertz CT molecular complexity index is 425. The van der Waals surface area contributed by atoms with E-state index in [1.807, 2.05) is 0 Å². The van der Waals surface area contributed by atoms with Crippen LogP contribution < -0.4 is 0 Å². The summed E-state index contributed by atoms with van der Waals surface area (Å²) in [6, 6.07) is 0. The zero-order valence-corrected chi connectivity index (χ0v) is 15.0. The average molecular weight is 401 g/mol. The van der Waals surface area contributed by atoms with E-state index in [-0.39, 0.29) is 32.5 Å². The van der Waals surface area contributed by atoms with Gasteiger partial charge in [0.1, 0.15) is 36.8 Å². The molecule has 0 aromatic heterocycles. The van der Waals surface area contributed by atoms with Crippen LogP contribution >= 0.6 is 0 Å². The topological polar surface area (TPSA) is 215 Å². The molecule has 0 aliphatic heterocycles. The van der Waals surface area contributed by atoms with E-state index in [1.54, 1.807) is 0 Å². The van der Waals surface area contributed by atoms with Crippen molar-refractivity contribution >= 4 is 0 Å². The van der Waals surface area contributed by atoms with Gasteiger partial charge < -0.3 is 55.8 Å². The first-order valence-electron chi connectivity index (χ1n) is 8.22. The van der Waals surface area contributed by atoms with Crippen molar-refractivity contribution < 1.29 is 55.8 Å². The maximum atomic E-state index is 10.0. The number of methoxy groups -OCH3 is 1. The minimum absolute atomic E-state index is 0.112. The van der Waals surface area contributed by atoms with Crippen LogP contribution in [0.2, 0.25) is 0 Å². The molecule has 0 aromatic rings. The first-order chi connectivity index (χ1) is 12.6. The third-order valence-electron chi connectivity index (χ3n) is 3.98. The molecule has 0 saturated heterocycles. The number of nitrogens with zero attached hydrogens (tertiary/aromatic N) is 1. The molecular weight excluding hydrogens is 370 g/mol. The third-order valence-corrected chi connectivity index (χ3v) is 3.98. The van der Waals surface area contributed by atoms with Gasteiger partial charge in [0.15, 0.2) is 5.76 Å². The van der Waals surface area contributed by atoms with Crippen molar-refractivity contribution in [2.24, 2.45) is 0 Å². The number of ether oxygens (including phenoxy) is 1. The number of hydrogen-bond acceptors (Lipinski definition) is 12. The molecular formula is C15H31NO11. The van der Waals surface area contributed by atoms with Gasteiger partial charge in [0.05, 0.1) is 25.4 Å². The quantitative estimate of drug-likeness (QED) is 0.124. The van der Waals surface area contributed by atoms with Crippen molar-refractivity contribution in [3.8, 4) is 0 Å². The van der Waals surface area contributed by atoms with Crippen LogP contribution in [0.4, 0.5) is 0 Å². The lowest BCUT2D eigenvalue weighted by Gasteiger charge is -2.32. The summed E-state index contributed by atoms with van der Waals surface area (Å²) >= 11 is 0. The van der Waals surface area contributed by atoms with Gasteiger partial charge in [-0.15, -0.1) is 0 Å². The second kappa shape index (κ2) is 13.2. The van der Waals surface area contributed by atoms with Crippen molar-refractivity contribution in [3.63, 3.8) is 0 Å². The zero-order valence-electron chi connectivity index (χ0n) is 15.0. The monoisotopic (exact) mass is 401 g/mol. The molecule has 0 spiro atoms. The summed E-state index contributed by atoms with van der Waals surface area (Å²) in [6.45, 7) is -1.26. The van der Waals surface area contributed by atoms with Gasteiger partial charge in [0.25, 0.3) is 0 Å². The van der Waals surface area contributed by atoms with Gasteiger partial charge in [-0.1, -0.05) is 0 Å². The molecule has 0 fully saturated rings. The zero-order chi connectivity index (χ0) is 21.1. The molecule has 0 heterocycles. The van der Waals surface area contributed by atoms with Crippen LogP contribution in [0.1, 0.15) is 0 Å². The van der Waals surface area contributed by atoms with Crippen molar-refractivity contribution in [3.05, 3.63) is 12.0 Å². The predicted molar refractivity (Wildman–Crippen MR) is 90.8 cm³/mol. The van der Waals surface area contributed by atoms with Crippen molar-refractivity contribution in [1.82, 2.24) is 4.90 Å². The summed E-state index contributed by atoms with van der Waals surface area (Å²) in [7, 11) is 1.39. The summed E-state index contributed by atoms with van der Waals surface area (Å²) in [5.41, 5.74) is 0. The first-order valence-corrected chi connectivity index (χ1v) is 8.22. The number of rotatable bonds is 14. The number of aliphatic hydroxyl groups excluding tert-OH is 10. The Kier molecular flexibility index (Phi) is 12.7. The Morgan fingerprint density at radius 3 is 1.81 bits per heavy atom. The van der Waals surface area contributed by atoms with Crippen molar-refractivity contribution in [2.45, 2.75) is 42.7 Å². The van der Waals surface area contributed by atoms with Gasteiger partial charge in [-0.25, -0.2) is 0 Å². The van der Waals surface area contributed by atoms with Crippen molar-refractivity contribution in [1.29, 1.82) is 0 Å². The normalized spacial score (nSPS) is 20.7. The predicted octanol–water partition coefficient (Wildman–Crippen LogP) is -4.59. The fourth-order valence-electron chi connectivity index (χ4n) is 2.25. The van der Waals surface area contributed by atoms with E-state index in [4.69, 9.17) is 14.9 Å². The van der Waals surface area contributed by atoms with E-state index in [2.05, 4.69) is 0 Å². The van der Waals surface area contributed by atoms with Gasteiger partial charge in [0.2, 0.25) is 0 Å². The summed E-state index contributed by atoms with van der Waals surface area (Å²) in [4.78, 5) is 1.33. The highest BCUT2D eigenvalue weighted by molar-refractivity contribution is 4.98. The Hall–Kier alpha value is -1.06. The van der Waals surface area contributed by atoms with Crippen LogP contribution in [0.3, 0.4) is 0 Å². The maximum Gasteiger partial charge on any atom is 0.158 e. The number of hydrogen-bond donors (Lipinski definition) is 10. The van der Waals surface area contributed by atoms with Crippen LogP contribution in [-0.4, -0.2) is 139 Å². The lowest BCUT2D eigenvalue weighted by atomic mass is 10.0. The average Bonchev–Trinajstić information content (AvgIpc) is 2.67. The molecule has 0 aromatic carbocycles. The van der Waals surface area contributed by atoms with E-state index in [0.717, 1.165) is 0 Å². The smallest absolute Gasteiger partial charge is 0.158 e. The molecule has 0 aliphatic rings. The molecule has 0 radical (unpaired) electrons. The largest absolute Gasteiger partial charge is 0.512 e. The summed E-state index contributed by atoms with van der Waals surface area (Å²) < 4.78 is 4.88. The molecule has 0 saturated carbocycles. The van der Waals surface area contributed by atoms with E-state index < -0.39 is 55.1 Å². The Balaban J connectivity index is 4.96. The fourth-order valence-corrected chi connectivity index (χ4v) is 2.25. The number of aliphatic hydroxyl groups is 10. The second-order valence-electron chi connectivity index (χ2n) is 6.11. The van der Waals surface area contributed by atoms with Crippen LogP contribution in [0, 0.1) is 0 Å². The minimum atomic E-state index is -1.95. The molecule has 27 heavy (non-hydrogen) atoms. The van der Waals surface area contributed by atoms with Gasteiger partial charge >= 0.3 is 0 Å². The van der Waals surface area contributed by atoms with Gasteiger partial charge in [0, 0.05) is 26.7 Å². The van der Waals surface area contributed by atoms with E-state index in [1.165, 1.54) is 12.0 Å². The standard InChI is InChI=1S/C15H31NO11/c1-27-3-2-16(4-8(19)12(23)14(25)10(21)6-17)5-9(20)13(24)15(26)11(22)7-18/h6,8-9,11-15,17-26H,2-5,7H2,1H3/b10-6+/t8-,9-,11+,12+,13+,14+,15+/m1/s1. The van der Waals surface area contributed by atoms with Crippen molar-refractivity contribution in [2.75, 3.05) is 40.0 Å². The van der Waals surface area contributed by atoms with Gasteiger partial charge in [-0.3, -0.25) is 4.90 Å². The van der Waals surface area contributed by atoms with E-state index >= 15 is 0 Å². The summed E-state index contributed by atoms with van der Waals surface area (Å²) in [5, 5.41) is 94.8. The molecule has 0 aliphatic carbocycles. The summed E-state index contributed by atoms with van der Waals surface area (Å²) in [5.74, 6) is -0.957. The maximum absolute atomic E-state index is 10.0. The molecule has 0 unspecified atom stereocenters. The lowest BCUT2D eigenvalue weighted by molar-refractivity contribution is -0.123. The lowest BCUT2D eigenvalue weighted by Crippen LogP contribution is -2.52. The molecule has 7 atom stereocenters. The highest BCUT2D eigenvalue weighted by Gasteiger charge is 2.33.